The summed E-state index contributed by atoms with van der Waals surface area (Å²) in [6.45, 7) is 25.0. The summed E-state index contributed by atoms with van der Waals surface area (Å²) >= 11 is 0. The maximum Gasteiger partial charge on any atom is 0.503 e. The molecule has 4 aliphatic heterocycles. The van der Waals surface area contributed by atoms with Gasteiger partial charge in [-0.3, -0.25) is 38.7 Å². The Labute approximate surface area is 446 Å². The third kappa shape index (κ3) is 17.1. The third-order valence-electron chi connectivity index (χ3n) is 15.2. The van der Waals surface area contributed by atoms with Crippen LogP contribution in [0.5, 0.6) is 11.5 Å². The number of phenols is 2. The molecule has 0 bridgehead atoms. The Kier molecular flexibility index (Phi) is 23.8. The van der Waals surface area contributed by atoms with Crippen molar-refractivity contribution < 1.29 is 51.7 Å². The van der Waals surface area contributed by atoms with Crippen molar-refractivity contribution in [3.63, 3.8) is 0 Å². The van der Waals surface area contributed by atoms with E-state index >= 15 is 0 Å². The molecule has 2 unspecified atom stereocenters. The summed E-state index contributed by atoms with van der Waals surface area (Å²) in [4.78, 5) is 29.4. The smallest absolute Gasteiger partial charge is 0.503 e. The van der Waals surface area contributed by atoms with Crippen molar-refractivity contribution in [3.8, 4) is 11.5 Å². The fourth-order valence-electron chi connectivity index (χ4n) is 11.5. The average molecular weight is 1040 g/mol. The molecule has 2 aromatic rings. The van der Waals surface area contributed by atoms with Gasteiger partial charge in [0, 0.05) is 77.7 Å². The van der Waals surface area contributed by atoms with Gasteiger partial charge in [-0.15, -0.1) is 0 Å². The number of hydrogen-bond donors (Lipinski definition) is 4. The maximum absolute atomic E-state index is 11.6. The van der Waals surface area contributed by atoms with Crippen molar-refractivity contribution in [3.05, 3.63) is 65.1 Å². The van der Waals surface area contributed by atoms with E-state index in [0.717, 1.165) is 86.7 Å². The molecule has 4 N–H and O–H groups in total. The van der Waals surface area contributed by atoms with Crippen molar-refractivity contribution in [2.24, 2.45) is 9.98 Å². The average Bonchev–Trinajstić information content (AvgIpc) is 3.30. The first-order valence-corrected chi connectivity index (χ1v) is 27.3. The number of carboxylic acid groups (broad SMARTS) is 2. The number of nitrogens with zero attached hydrogens (tertiary/aromatic N) is 8. The molecule has 3 fully saturated rings. The molecule has 1 saturated carbocycles. The predicted octanol–water partition coefficient (Wildman–Crippen LogP) is 10.2. The Hall–Kier alpha value is -4.28. The Balaban J connectivity index is 0.00000181. The third-order valence-corrected chi connectivity index (χ3v) is 15.2. The number of unbranched alkanes of at least 4 members (excludes halogenated alkanes) is 6. The number of aromatic hydroxyl groups is 2. The quantitative estimate of drug-likeness (QED) is 0.0497. The van der Waals surface area contributed by atoms with Crippen LogP contribution < -0.4 is 0 Å². The van der Waals surface area contributed by atoms with Crippen LogP contribution in [0.25, 0.3) is 0 Å². The molecular formula is C58H95CrN8O5+. The van der Waals surface area contributed by atoms with E-state index in [0.29, 0.717) is 11.5 Å². The molecular weight excluding hydrogens is 941 g/mol. The minimum Gasteiger partial charge on any atom is -0.507 e. The summed E-state index contributed by atoms with van der Waals surface area (Å²) in [6, 6.07) is 8.91. The van der Waals surface area contributed by atoms with Crippen LogP contribution in [0.15, 0.2) is 34.3 Å². The zero-order chi connectivity index (χ0) is 50.4. The molecule has 14 heteroatoms. The van der Waals surface area contributed by atoms with Gasteiger partial charge in [0.1, 0.15) is 11.5 Å². The number of benzene rings is 2. The van der Waals surface area contributed by atoms with Gasteiger partial charge < -0.3 is 27.9 Å². The van der Waals surface area contributed by atoms with Gasteiger partial charge in [0.05, 0.1) is 91.6 Å². The standard InChI is InChI=1S/C56H88N8O2.CH2O3.CH3.Cr/c1-55(2,3)47-39-43(23-13-9-11-17-29-61-33-21-35-63-31-19-27-59(7)53(61)63)37-45(51(47)65)41-57-49-25-15-16-26-50(49)58-42-46-38-44(40-48(52(46)66)56(4,5)6)24-14-10-12-18-30-62-34-22-36-64-32-20-28-60(8)54(62)64;2-1(3)4;;/h37-42,49-50H,9-36H2,1-8H3;(H2,2,3,4);1H3;/q;;-1;/p+2. The summed E-state index contributed by atoms with van der Waals surface area (Å²) in [5, 5.41) is 37.2. The van der Waals surface area contributed by atoms with Gasteiger partial charge in [-0.2, -0.15) is 0 Å². The minimum absolute atomic E-state index is 0. The largest absolute Gasteiger partial charge is 0.507 e. The van der Waals surface area contributed by atoms with E-state index in [-0.39, 0.29) is 47.7 Å². The van der Waals surface area contributed by atoms with Gasteiger partial charge in [-0.05, 0) is 85.5 Å². The number of hydrogen-bond acceptors (Lipinski definition) is 9. The van der Waals surface area contributed by atoms with Crippen LogP contribution in [-0.4, -0.2) is 171 Å². The van der Waals surface area contributed by atoms with E-state index in [2.05, 4.69) is 109 Å². The molecule has 7 rings (SSSR count). The molecule has 72 heavy (non-hydrogen) atoms. The number of aryl methyl sites for hydroxylation is 2. The monoisotopic (exact) mass is 1040 g/mol. The zero-order valence-corrected chi connectivity index (χ0v) is 47.4. The Bertz CT molecular complexity index is 2030. The first kappa shape index (κ1) is 60.3. The fourth-order valence-corrected chi connectivity index (χ4v) is 11.5. The van der Waals surface area contributed by atoms with Crippen LogP contribution in [0, 0.1) is 7.43 Å². The van der Waals surface area contributed by atoms with E-state index in [4.69, 9.17) is 25.0 Å². The number of guanidine groups is 2. The molecule has 13 nitrogen and oxygen atoms in total. The first-order chi connectivity index (χ1) is 33.4. The molecule has 402 valence electrons. The first-order valence-electron chi connectivity index (χ1n) is 27.3. The van der Waals surface area contributed by atoms with Gasteiger partial charge in [-0.1, -0.05) is 92.2 Å². The van der Waals surface area contributed by atoms with Crippen LogP contribution in [0.1, 0.15) is 178 Å². The molecule has 5 aliphatic rings. The van der Waals surface area contributed by atoms with Crippen molar-refractivity contribution in [2.75, 3.05) is 79.5 Å². The van der Waals surface area contributed by atoms with E-state index in [1.165, 1.54) is 140 Å². The number of carbonyl (C=O) groups is 1. The van der Waals surface area contributed by atoms with E-state index < -0.39 is 6.16 Å². The van der Waals surface area contributed by atoms with Crippen LogP contribution in [-0.2, 0) is 41.0 Å². The molecule has 0 spiro atoms. The van der Waals surface area contributed by atoms with Gasteiger partial charge in [0.15, 0.2) is 0 Å². The zero-order valence-electron chi connectivity index (χ0n) is 46.1. The number of rotatable bonds is 18. The normalized spacial score (nSPS) is 19.7. The Morgan fingerprint density at radius 3 is 1.32 bits per heavy atom. The molecule has 0 amide bonds. The van der Waals surface area contributed by atoms with Crippen LogP contribution in [0.3, 0.4) is 0 Å². The molecule has 0 radical (unpaired) electrons. The van der Waals surface area contributed by atoms with Gasteiger partial charge in [0.2, 0.25) is 0 Å². The molecule has 4 heterocycles. The second-order valence-corrected chi connectivity index (χ2v) is 23.1. The van der Waals surface area contributed by atoms with Crippen LogP contribution in [0.2, 0.25) is 0 Å². The van der Waals surface area contributed by atoms with Gasteiger partial charge in [0.25, 0.3) is 0 Å². The Morgan fingerprint density at radius 1 is 0.583 bits per heavy atom. The summed E-state index contributed by atoms with van der Waals surface area (Å²) in [5.41, 5.74) is 5.83. The van der Waals surface area contributed by atoms with Gasteiger partial charge in [-0.25, -0.2) is 4.79 Å². The number of aliphatic imine (C=N–C) groups is 2. The maximum atomic E-state index is 11.6. The summed E-state index contributed by atoms with van der Waals surface area (Å²) in [6.07, 6.45) is 23.0. The van der Waals surface area contributed by atoms with E-state index in [1.807, 2.05) is 12.4 Å². The molecule has 2 saturated heterocycles. The molecule has 0 aromatic heterocycles. The molecule has 1 aliphatic carbocycles. The summed E-state index contributed by atoms with van der Waals surface area (Å²) in [7, 11) is 4.53. The molecule has 2 atom stereocenters. The summed E-state index contributed by atoms with van der Waals surface area (Å²) in [5.74, 6) is 3.63. The van der Waals surface area contributed by atoms with Crippen LogP contribution in [0.4, 0.5) is 4.79 Å². The minimum atomic E-state index is -1.83. The van der Waals surface area contributed by atoms with Crippen LogP contribution >= 0.6 is 0 Å². The second-order valence-electron chi connectivity index (χ2n) is 23.1. The number of phenolic OH excluding ortho intramolecular Hbond substituents is 2. The predicted molar refractivity (Wildman–Crippen MR) is 293 cm³/mol. The van der Waals surface area contributed by atoms with E-state index in [1.54, 1.807) is 0 Å². The van der Waals surface area contributed by atoms with E-state index in [9.17, 15) is 10.2 Å². The SMILES string of the molecule is C[N+]1=C2N(CCCCCCc3cc(C=NC4CCCCC4N=Cc4cc(CCCCCCN5CCCN6CCC[N+](C)=C56)cc(C(C)(C)C)c4O)c(O)c(C(C)(C)C)c3)CCCN2CCC1.O=C(O)O.[CH3-].[Cr]. The van der Waals surface area contributed by atoms with Crippen molar-refractivity contribution in [1.82, 2.24) is 19.6 Å². The topological polar surface area (TPSA) is 142 Å². The summed E-state index contributed by atoms with van der Waals surface area (Å²) < 4.78 is 4.94. The van der Waals surface area contributed by atoms with Crippen molar-refractivity contribution >= 4 is 30.5 Å². The second kappa shape index (κ2) is 28.4. The molecule has 2 aromatic carbocycles. The Morgan fingerprint density at radius 2 is 0.944 bits per heavy atom. The fraction of sp³-hybridized carbons (Fsp3) is 0.690. The van der Waals surface area contributed by atoms with Crippen molar-refractivity contribution in [2.45, 2.75) is 180 Å². The number of fused-ring (bicyclic) bond motifs is 2. The van der Waals surface area contributed by atoms with Gasteiger partial charge >= 0.3 is 18.1 Å². The van der Waals surface area contributed by atoms with Crippen molar-refractivity contribution in [1.29, 1.82) is 0 Å².